The number of aromatic nitrogens is 2. The van der Waals surface area contributed by atoms with Crippen LogP contribution in [0.3, 0.4) is 0 Å². The fraction of sp³-hybridized carbons (Fsp3) is 0.360. The number of nitrogens with zero attached hydrogens (tertiary/aromatic N) is 3. The second-order valence-electron chi connectivity index (χ2n) is 8.26. The van der Waals surface area contributed by atoms with Crippen molar-refractivity contribution in [3.8, 4) is 28.6 Å². The van der Waals surface area contributed by atoms with Gasteiger partial charge in [-0.2, -0.15) is 5.10 Å². The lowest BCUT2D eigenvalue weighted by molar-refractivity contribution is -0.135. The van der Waals surface area contributed by atoms with Gasteiger partial charge in [-0.25, -0.2) is 4.68 Å². The Kier molecular flexibility index (Phi) is 5.98. The van der Waals surface area contributed by atoms with Crippen LogP contribution in [0.15, 0.2) is 54.6 Å². The maximum Gasteiger partial charge on any atom is 0.225 e. The van der Waals surface area contributed by atoms with E-state index in [4.69, 9.17) is 14.6 Å². The monoisotopic (exact) mass is 419 g/mol. The van der Waals surface area contributed by atoms with Gasteiger partial charge in [0.1, 0.15) is 17.2 Å². The number of ether oxygens (including phenoxy) is 2. The summed E-state index contributed by atoms with van der Waals surface area (Å²) < 4.78 is 13.4. The molecule has 1 aliphatic carbocycles. The van der Waals surface area contributed by atoms with Crippen molar-refractivity contribution in [1.29, 1.82) is 0 Å². The van der Waals surface area contributed by atoms with Crippen LogP contribution < -0.4 is 9.47 Å². The third-order valence-corrected chi connectivity index (χ3v) is 5.48. The highest BCUT2D eigenvalue weighted by molar-refractivity contribution is 5.79. The first-order valence-electron chi connectivity index (χ1n) is 10.7. The molecule has 3 aromatic rings. The van der Waals surface area contributed by atoms with Crippen LogP contribution in [-0.2, 0) is 18.4 Å². The van der Waals surface area contributed by atoms with Gasteiger partial charge in [0.15, 0.2) is 0 Å². The minimum Gasteiger partial charge on any atom is -0.497 e. The van der Waals surface area contributed by atoms with E-state index in [1.807, 2.05) is 80.4 Å². The normalized spacial score (nSPS) is 13.3. The lowest BCUT2D eigenvalue weighted by Gasteiger charge is -2.25. The molecule has 1 aromatic heterocycles. The lowest BCUT2D eigenvalue weighted by Crippen LogP contribution is -2.35. The second kappa shape index (κ2) is 8.84. The van der Waals surface area contributed by atoms with Crippen LogP contribution in [0.25, 0.3) is 11.3 Å². The third kappa shape index (κ3) is 4.58. The van der Waals surface area contributed by atoms with Gasteiger partial charge in [-0.3, -0.25) is 4.79 Å². The molecule has 0 N–H and O–H groups in total. The summed E-state index contributed by atoms with van der Waals surface area (Å²) in [7, 11) is 3.50. The molecule has 0 bridgehead atoms. The summed E-state index contributed by atoms with van der Waals surface area (Å²) in [5.74, 6) is 2.13. The zero-order valence-corrected chi connectivity index (χ0v) is 18.5. The summed E-state index contributed by atoms with van der Waals surface area (Å²) in [5, 5.41) is 4.78. The molecule has 6 heteroatoms. The molecule has 1 amide bonds. The van der Waals surface area contributed by atoms with Crippen LogP contribution in [0.4, 0.5) is 0 Å². The van der Waals surface area contributed by atoms with E-state index in [0.717, 1.165) is 35.4 Å². The Morgan fingerprint density at radius 3 is 2.48 bits per heavy atom. The van der Waals surface area contributed by atoms with Gasteiger partial charge in [-0.1, -0.05) is 50.2 Å². The first-order chi connectivity index (χ1) is 15.0. The number of amides is 1. The molecule has 4 rings (SSSR count). The van der Waals surface area contributed by atoms with E-state index < -0.39 is 0 Å². The molecule has 6 nitrogen and oxygen atoms in total. The molecule has 31 heavy (non-hydrogen) atoms. The van der Waals surface area contributed by atoms with Crippen molar-refractivity contribution in [1.82, 2.24) is 14.7 Å². The molecule has 0 aliphatic heterocycles. The smallest absolute Gasteiger partial charge is 0.225 e. The number of carbonyl (C=O) groups is 1. The van der Waals surface area contributed by atoms with E-state index in [-0.39, 0.29) is 11.8 Å². The Morgan fingerprint density at radius 2 is 1.84 bits per heavy atom. The van der Waals surface area contributed by atoms with Crippen molar-refractivity contribution < 1.29 is 14.3 Å². The van der Waals surface area contributed by atoms with Gasteiger partial charge < -0.3 is 14.4 Å². The van der Waals surface area contributed by atoms with E-state index >= 15 is 0 Å². The minimum absolute atomic E-state index is 0.0554. The molecule has 1 aliphatic rings. The number of carbonyl (C=O) groups excluding carboxylic acids is 1. The largest absolute Gasteiger partial charge is 0.497 e. The quantitative estimate of drug-likeness (QED) is 0.514. The molecule has 0 spiro atoms. The highest BCUT2D eigenvalue weighted by Crippen LogP contribution is 2.38. The van der Waals surface area contributed by atoms with Crippen LogP contribution >= 0.6 is 0 Å². The fourth-order valence-corrected chi connectivity index (χ4v) is 3.70. The number of methoxy groups -OCH3 is 1. The first-order valence-corrected chi connectivity index (χ1v) is 10.7. The number of benzene rings is 2. The van der Waals surface area contributed by atoms with E-state index in [0.29, 0.717) is 24.2 Å². The molecule has 0 unspecified atom stereocenters. The van der Waals surface area contributed by atoms with Gasteiger partial charge in [0, 0.05) is 30.6 Å². The molecular weight excluding hydrogens is 390 g/mol. The summed E-state index contributed by atoms with van der Waals surface area (Å²) in [6.45, 7) is 4.37. The highest BCUT2D eigenvalue weighted by atomic mass is 16.5. The maximum atomic E-state index is 13.0. The number of aryl methyl sites for hydroxylation is 1. The molecule has 0 saturated heterocycles. The van der Waals surface area contributed by atoms with Crippen LogP contribution in [0, 0.1) is 5.92 Å². The van der Waals surface area contributed by atoms with Gasteiger partial charge in [0.2, 0.25) is 11.8 Å². The van der Waals surface area contributed by atoms with E-state index in [1.54, 1.807) is 11.8 Å². The fourth-order valence-electron chi connectivity index (χ4n) is 3.70. The molecule has 1 saturated carbocycles. The van der Waals surface area contributed by atoms with Crippen molar-refractivity contribution in [3.05, 3.63) is 60.2 Å². The van der Waals surface area contributed by atoms with E-state index in [1.165, 1.54) is 0 Å². The van der Waals surface area contributed by atoms with Gasteiger partial charge in [-0.15, -0.1) is 0 Å². The molecule has 1 heterocycles. The summed E-state index contributed by atoms with van der Waals surface area (Å²) in [6, 6.07) is 17.8. The van der Waals surface area contributed by atoms with Crippen molar-refractivity contribution in [3.63, 3.8) is 0 Å². The predicted octanol–water partition coefficient (Wildman–Crippen LogP) is 5.04. The zero-order chi connectivity index (χ0) is 22.0. The number of hydrogen-bond acceptors (Lipinski definition) is 4. The average Bonchev–Trinajstić information content (AvgIpc) is 3.58. The van der Waals surface area contributed by atoms with Gasteiger partial charge in [0.05, 0.1) is 19.2 Å². The number of hydrogen-bond donors (Lipinski definition) is 0. The Labute approximate surface area is 183 Å². The van der Waals surface area contributed by atoms with E-state index in [2.05, 4.69) is 0 Å². The minimum atomic E-state index is -0.0554. The standard InChI is InChI=1S/C25H29N3O3/c1-17(2)24(29)28(19-13-14-19)16-22-23(18-9-6-5-7-10-18)26-27(3)25(22)31-21-12-8-11-20(15-21)30-4/h5-12,15,17,19H,13-14,16H2,1-4H3. The molecule has 1 fully saturated rings. The third-order valence-electron chi connectivity index (χ3n) is 5.48. The summed E-state index contributed by atoms with van der Waals surface area (Å²) in [5.41, 5.74) is 2.75. The molecule has 2 aromatic carbocycles. The molecule has 162 valence electrons. The van der Waals surface area contributed by atoms with Gasteiger partial charge >= 0.3 is 0 Å². The highest BCUT2D eigenvalue weighted by Gasteiger charge is 2.35. The van der Waals surface area contributed by atoms with Gasteiger partial charge in [0.25, 0.3) is 0 Å². The van der Waals surface area contributed by atoms with Crippen molar-refractivity contribution in [2.24, 2.45) is 13.0 Å². The van der Waals surface area contributed by atoms with Gasteiger partial charge in [-0.05, 0) is 25.0 Å². The summed E-state index contributed by atoms with van der Waals surface area (Å²) >= 11 is 0. The lowest BCUT2D eigenvalue weighted by atomic mass is 10.1. The van der Waals surface area contributed by atoms with E-state index in [9.17, 15) is 4.79 Å². The predicted molar refractivity (Wildman–Crippen MR) is 120 cm³/mol. The average molecular weight is 420 g/mol. The van der Waals surface area contributed by atoms with Crippen LogP contribution in [0.2, 0.25) is 0 Å². The zero-order valence-electron chi connectivity index (χ0n) is 18.5. The number of rotatable bonds is 8. The van der Waals surface area contributed by atoms with Crippen molar-refractivity contribution >= 4 is 5.91 Å². The Morgan fingerprint density at radius 1 is 1.13 bits per heavy atom. The SMILES string of the molecule is COc1cccc(Oc2c(CN(C(=O)C(C)C)C3CC3)c(-c3ccccc3)nn2C)c1. The maximum absolute atomic E-state index is 13.0. The van der Waals surface area contributed by atoms with Crippen LogP contribution in [-0.4, -0.2) is 33.7 Å². The van der Waals surface area contributed by atoms with Crippen molar-refractivity contribution in [2.75, 3.05) is 7.11 Å². The Hall–Kier alpha value is -3.28. The summed E-state index contributed by atoms with van der Waals surface area (Å²) in [6.07, 6.45) is 2.09. The first kappa shape index (κ1) is 21.0. The molecular formula is C25H29N3O3. The van der Waals surface area contributed by atoms with Crippen LogP contribution in [0.5, 0.6) is 17.4 Å². The summed E-state index contributed by atoms with van der Waals surface area (Å²) in [4.78, 5) is 15.0. The Bertz CT molecular complexity index is 1060. The second-order valence-corrected chi connectivity index (χ2v) is 8.26. The molecule has 0 radical (unpaired) electrons. The van der Waals surface area contributed by atoms with Crippen molar-refractivity contribution in [2.45, 2.75) is 39.3 Å². The topological polar surface area (TPSA) is 56.6 Å². The van der Waals surface area contributed by atoms with Crippen LogP contribution in [0.1, 0.15) is 32.3 Å². The Balaban J connectivity index is 1.77. The molecule has 0 atom stereocenters.